The fraction of sp³-hybridized carbons (Fsp3) is 0.487. The van der Waals surface area contributed by atoms with Crippen molar-refractivity contribution in [1.29, 1.82) is 0 Å². The van der Waals surface area contributed by atoms with E-state index in [2.05, 4.69) is 6.08 Å². The van der Waals surface area contributed by atoms with Crippen LogP contribution in [0.15, 0.2) is 64.5 Å². The highest BCUT2D eigenvalue weighted by molar-refractivity contribution is 6.35. The highest BCUT2D eigenvalue weighted by Gasteiger charge is 2.72. The lowest BCUT2D eigenvalue weighted by atomic mass is 9.40. The number of esters is 3. The Bertz CT molecular complexity index is 1670. The molecule has 0 spiro atoms. The molecule has 0 aliphatic heterocycles. The zero-order chi connectivity index (χ0) is 36.4. The van der Waals surface area contributed by atoms with Crippen LogP contribution in [0.1, 0.15) is 112 Å². The van der Waals surface area contributed by atoms with E-state index in [1.165, 1.54) is 32.0 Å². The van der Waals surface area contributed by atoms with E-state index < -0.39 is 51.3 Å². The summed E-state index contributed by atoms with van der Waals surface area (Å²) in [4.78, 5) is 81.7. The number of benzene rings is 1. The number of hydrogen-bond donors (Lipinski definition) is 0. The van der Waals surface area contributed by atoms with Crippen LogP contribution >= 0.6 is 0 Å². The zero-order valence-corrected chi connectivity index (χ0v) is 30.0. The quantitative estimate of drug-likeness (QED) is 0.0583. The Morgan fingerprint density at radius 1 is 0.729 bits per heavy atom. The van der Waals surface area contributed by atoms with Gasteiger partial charge in [0.25, 0.3) is 0 Å². The first kappa shape index (κ1) is 38.1. The average Bonchev–Trinajstić information content (AvgIpc) is 2.95. The molecule has 0 N–H and O–H groups in total. The number of ketones is 3. The lowest BCUT2D eigenvalue weighted by molar-refractivity contribution is -0.173. The molecule has 9 heteroatoms. The molecule has 0 unspecified atom stereocenters. The summed E-state index contributed by atoms with van der Waals surface area (Å²) < 4.78 is 16.3. The molecule has 1 saturated carbocycles. The first-order valence-electron chi connectivity index (χ1n) is 16.2. The third-order valence-electron chi connectivity index (χ3n) is 9.49. The SMILES string of the molecule is CC(=O)OC1=C(C(=O)c2ccc(OC(C)=O)c(OC(C)=O)c2)C(=O)[C@]2(CC=C(C)C)C(=O)[C@@]1(CC=C(C)C)C[C@@H](CC=C(C)C)C2(C)C. The minimum atomic E-state index is -1.68. The summed E-state index contributed by atoms with van der Waals surface area (Å²) in [7, 11) is 0. The summed E-state index contributed by atoms with van der Waals surface area (Å²) in [6, 6.07) is 3.82. The third-order valence-corrected chi connectivity index (χ3v) is 9.49. The van der Waals surface area contributed by atoms with Crippen molar-refractivity contribution in [2.75, 3.05) is 0 Å². The summed E-state index contributed by atoms with van der Waals surface area (Å²) in [5.41, 5.74) is -1.69. The second kappa shape index (κ2) is 14.4. The highest BCUT2D eigenvalue weighted by atomic mass is 16.6. The van der Waals surface area contributed by atoms with E-state index >= 15 is 9.59 Å². The minimum Gasteiger partial charge on any atom is -0.429 e. The molecule has 2 aliphatic rings. The molecule has 2 bridgehead atoms. The van der Waals surface area contributed by atoms with Crippen molar-refractivity contribution in [3.63, 3.8) is 0 Å². The van der Waals surface area contributed by atoms with Crippen LogP contribution in [-0.2, 0) is 28.7 Å². The van der Waals surface area contributed by atoms with Crippen molar-refractivity contribution in [3.05, 3.63) is 70.0 Å². The van der Waals surface area contributed by atoms with Crippen LogP contribution in [0.2, 0.25) is 0 Å². The molecule has 0 aromatic heterocycles. The molecule has 0 saturated heterocycles. The molecule has 3 atom stereocenters. The van der Waals surface area contributed by atoms with Crippen LogP contribution in [0.4, 0.5) is 0 Å². The fourth-order valence-electron chi connectivity index (χ4n) is 6.94. The van der Waals surface area contributed by atoms with E-state index in [4.69, 9.17) is 14.2 Å². The number of hydrogen-bond acceptors (Lipinski definition) is 9. The van der Waals surface area contributed by atoms with Gasteiger partial charge in [-0.05, 0) is 96.8 Å². The number of rotatable bonds is 11. The molecule has 1 aromatic rings. The number of Topliss-reactive ketones (excluding diaryl/α,β-unsaturated/α-hetero) is 3. The fourth-order valence-corrected chi connectivity index (χ4v) is 6.94. The van der Waals surface area contributed by atoms with Gasteiger partial charge in [0.15, 0.2) is 28.8 Å². The number of carbonyl (C=O) groups excluding carboxylic acids is 6. The van der Waals surface area contributed by atoms with Gasteiger partial charge < -0.3 is 14.2 Å². The number of carbonyl (C=O) groups is 6. The van der Waals surface area contributed by atoms with E-state index in [9.17, 15) is 19.2 Å². The Hall–Kier alpha value is -4.40. The maximum atomic E-state index is 15.3. The molecule has 3 rings (SSSR count). The number of ether oxygens (including phenoxy) is 3. The third kappa shape index (κ3) is 7.20. The standard InChI is InChI=1S/C39H48O9/c1-22(2)12-14-29-21-38(18-16-23(3)4)35(48-27(9)42)32(34(44)39(36(38)45,37(29,10)11)19-17-24(5)6)33(43)28-13-15-30(46-25(7)40)31(20-28)47-26(8)41/h12-13,15-17,20,29H,14,18-19,21H2,1-11H3/t29-,38+,39-/m1/s1. The summed E-state index contributed by atoms with van der Waals surface area (Å²) in [5.74, 6) is -4.85. The van der Waals surface area contributed by atoms with Crippen LogP contribution < -0.4 is 9.47 Å². The highest BCUT2D eigenvalue weighted by Crippen LogP contribution is 2.67. The topological polar surface area (TPSA) is 130 Å². The molecule has 1 fully saturated rings. The van der Waals surface area contributed by atoms with Crippen LogP contribution in [0.5, 0.6) is 11.5 Å². The van der Waals surface area contributed by atoms with Gasteiger partial charge in [-0.2, -0.15) is 0 Å². The molecular formula is C39H48O9. The van der Waals surface area contributed by atoms with Crippen LogP contribution in [0.3, 0.4) is 0 Å². The molecule has 2 aliphatic carbocycles. The number of fused-ring (bicyclic) bond motifs is 2. The van der Waals surface area contributed by atoms with E-state index in [-0.39, 0.29) is 53.8 Å². The van der Waals surface area contributed by atoms with Crippen molar-refractivity contribution >= 4 is 35.3 Å². The van der Waals surface area contributed by atoms with Gasteiger partial charge in [0.05, 0.1) is 5.41 Å². The maximum absolute atomic E-state index is 15.3. The Labute approximate surface area is 283 Å². The minimum absolute atomic E-state index is 0.0517. The van der Waals surface area contributed by atoms with Crippen LogP contribution in [-0.4, -0.2) is 35.3 Å². The smallest absolute Gasteiger partial charge is 0.308 e. The summed E-state index contributed by atoms with van der Waals surface area (Å²) in [6.45, 7) is 18.9. The van der Waals surface area contributed by atoms with E-state index in [0.717, 1.165) is 23.6 Å². The molecule has 9 nitrogen and oxygen atoms in total. The van der Waals surface area contributed by atoms with Crippen LogP contribution in [0, 0.1) is 22.2 Å². The van der Waals surface area contributed by atoms with Gasteiger partial charge >= 0.3 is 17.9 Å². The van der Waals surface area contributed by atoms with Crippen molar-refractivity contribution in [2.24, 2.45) is 22.2 Å². The Kier molecular flexibility index (Phi) is 11.4. The predicted octanol–water partition coefficient (Wildman–Crippen LogP) is 7.78. The van der Waals surface area contributed by atoms with Crippen LogP contribution in [0.25, 0.3) is 0 Å². The van der Waals surface area contributed by atoms with Gasteiger partial charge in [0.2, 0.25) is 0 Å². The van der Waals surface area contributed by atoms with E-state index in [0.29, 0.717) is 6.42 Å². The first-order chi connectivity index (χ1) is 22.2. The second-order valence-corrected chi connectivity index (χ2v) is 14.2. The number of allylic oxidation sites excluding steroid dienone is 8. The Morgan fingerprint density at radius 2 is 1.25 bits per heavy atom. The van der Waals surface area contributed by atoms with Gasteiger partial charge in [-0.1, -0.05) is 48.8 Å². The lowest BCUT2D eigenvalue weighted by Crippen LogP contribution is -2.67. The van der Waals surface area contributed by atoms with E-state index in [1.807, 2.05) is 67.5 Å². The Morgan fingerprint density at radius 3 is 1.77 bits per heavy atom. The molecule has 0 radical (unpaired) electrons. The van der Waals surface area contributed by atoms with Crippen molar-refractivity contribution in [2.45, 2.75) is 102 Å². The molecule has 48 heavy (non-hydrogen) atoms. The normalized spacial score (nSPS) is 22.7. The van der Waals surface area contributed by atoms with Crippen molar-refractivity contribution in [1.82, 2.24) is 0 Å². The van der Waals surface area contributed by atoms with Crippen molar-refractivity contribution in [3.8, 4) is 11.5 Å². The van der Waals surface area contributed by atoms with Gasteiger partial charge in [-0.25, -0.2) is 0 Å². The van der Waals surface area contributed by atoms with Gasteiger partial charge in [-0.3, -0.25) is 28.8 Å². The summed E-state index contributed by atoms with van der Waals surface area (Å²) in [6.07, 6.45) is 6.81. The Balaban J connectivity index is 2.52. The average molecular weight is 661 g/mol. The van der Waals surface area contributed by atoms with Gasteiger partial charge in [-0.15, -0.1) is 0 Å². The maximum Gasteiger partial charge on any atom is 0.308 e. The van der Waals surface area contributed by atoms with Crippen molar-refractivity contribution < 1.29 is 43.0 Å². The van der Waals surface area contributed by atoms with E-state index in [1.54, 1.807) is 0 Å². The monoisotopic (exact) mass is 660 g/mol. The van der Waals surface area contributed by atoms with Gasteiger partial charge in [0, 0.05) is 26.3 Å². The molecule has 258 valence electrons. The largest absolute Gasteiger partial charge is 0.429 e. The molecular weight excluding hydrogens is 612 g/mol. The molecule has 1 aromatic carbocycles. The summed E-state index contributed by atoms with van der Waals surface area (Å²) >= 11 is 0. The summed E-state index contributed by atoms with van der Waals surface area (Å²) in [5, 5.41) is 0. The zero-order valence-electron chi connectivity index (χ0n) is 30.0. The molecule has 0 amide bonds. The molecule has 0 heterocycles. The first-order valence-corrected chi connectivity index (χ1v) is 16.2. The predicted molar refractivity (Wildman–Crippen MR) is 181 cm³/mol. The second-order valence-electron chi connectivity index (χ2n) is 14.2. The lowest BCUT2D eigenvalue weighted by Gasteiger charge is -2.60. The van der Waals surface area contributed by atoms with Gasteiger partial charge in [0.1, 0.15) is 16.7 Å².